The summed E-state index contributed by atoms with van der Waals surface area (Å²) in [7, 11) is 1.47. The molecule has 2 rings (SSSR count). The fourth-order valence-corrected chi connectivity index (χ4v) is 3.07. The molecule has 0 aromatic heterocycles. The van der Waals surface area contributed by atoms with Crippen LogP contribution >= 0.6 is 0 Å². The number of hydrogen-bond donors (Lipinski definition) is 2. The van der Waals surface area contributed by atoms with E-state index in [9.17, 15) is 15.0 Å². The minimum atomic E-state index is -1.30. The molecule has 0 heterocycles. The molecule has 0 fully saturated rings. The first-order valence-corrected chi connectivity index (χ1v) is 6.83. The summed E-state index contributed by atoms with van der Waals surface area (Å²) in [5.41, 5.74) is 1.04. The van der Waals surface area contributed by atoms with Crippen LogP contribution in [0.4, 0.5) is 0 Å². The van der Waals surface area contributed by atoms with Crippen molar-refractivity contribution in [1.82, 2.24) is 0 Å². The summed E-state index contributed by atoms with van der Waals surface area (Å²) in [4.78, 5) is 11.9. The Kier molecular flexibility index (Phi) is 3.92. The molecule has 112 valence electrons. The van der Waals surface area contributed by atoms with Gasteiger partial charge in [-0.3, -0.25) is 4.79 Å². The quantitative estimate of drug-likeness (QED) is 0.890. The molecule has 0 bridgehead atoms. The number of carboxylic acids is 1. The van der Waals surface area contributed by atoms with Gasteiger partial charge in [-0.2, -0.15) is 0 Å². The topological polar surface area (TPSA) is 66.8 Å². The van der Waals surface area contributed by atoms with Gasteiger partial charge in [-0.15, -0.1) is 0 Å². The van der Waals surface area contributed by atoms with Crippen LogP contribution in [-0.4, -0.2) is 29.4 Å². The second kappa shape index (κ2) is 5.37. The van der Waals surface area contributed by atoms with Gasteiger partial charge in [0.1, 0.15) is 11.2 Å². The lowest BCUT2D eigenvalue weighted by Crippen LogP contribution is -2.46. The Morgan fingerprint density at radius 2 is 2.19 bits per heavy atom. The molecule has 0 radical (unpaired) electrons. The summed E-state index contributed by atoms with van der Waals surface area (Å²) in [5, 5.41) is 20.1. The Bertz CT molecular complexity index is 617. The molecular formula is C17H20O4. The van der Waals surface area contributed by atoms with Gasteiger partial charge in [0, 0.05) is 18.6 Å². The highest BCUT2D eigenvalue weighted by atomic mass is 16.5. The van der Waals surface area contributed by atoms with Crippen LogP contribution in [0, 0.1) is 5.41 Å². The van der Waals surface area contributed by atoms with E-state index in [0.29, 0.717) is 5.56 Å². The van der Waals surface area contributed by atoms with Crippen LogP contribution in [-0.2, 0) is 9.53 Å². The lowest BCUT2D eigenvalue weighted by atomic mass is 9.65. The first-order valence-electron chi connectivity index (χ1n) is 6.83. The van der Waals surface area contributed by atoms with Crippen LogP contribution in [0.2, 0.25) is 0 Å². The van der Waals surface area contributed by atoms with Gasteiger partial charge in [0.05, 0.1) is 6.10 Å². The zero-order valence-electron chi connectivity index (χ0n) is 12.5. The summed E-state index contributed by atoms with van der Waals surface area (Å²) in [6.45, 7) is 7.28. The molecule has 0 spiro atoms. The predicted octanol–water partition coefficient (Wildman–Crippen LogP) is 3.45. The largest absolute Gasteiger partial charge is 0.508 e. The van der Waals surface area contributed by atoms with Crippen LogP contribution in [0.15, 0.2) is 30.9 Å². The van der Waals surface area contributed by atoms with Crippen LogP contribution in [0.1, 0.15) is 36.5 Å². The molecule has 2 N–H and O–H groups in total. The maximum atomic E-state index is 11.9. The summed E-state index contributed by atoms with van der Waals surface area (Å²) in [6.07, 6.45) is 2.53. The fraction of sp³-hybridized carbons (Fsp3) is 0.353. The van der Waals surface area contributed by atoms with E-state index < -0.39 is 17.5 Å². The Morgan fingerprint density at radius 3 is 2.71 bits per heavy atom. The number of methoxy groups -OCH3 is 1. The van der Waals surface area contributed by atoms with Crippen molar-refractivity contribution in [1.29, 1.82) is 0 Å². The third kappa shape index (κ3) is 2.16. The predicted molar refractivity (Wildman–Crippen MR) is 82.1 cm³/mol. The van der Waals surface area contributed by atoms with Crippen LogP contribution in [0.3, 0.4) is 0 Å². The van der Waals surface area contributed by atoms with Crippen molar-refractivity contribution in [2.24, 2.45) is 5.41 Å². The zero-order valence-corrected chi connectivity index (χ0v) is 12.5. The number of hydrogen-bond acceptors (Lipinski definition) is 3. The van der Waals surface area contributed by atoms with Crippen LogP contribution < -0.4 is 0 Å². The number of benzene rings is 1. The van der Waals surface area contributed by atoms with Gasteiger partial charge < -0.3 is 14.9 Å². The molecule has 3 atom stereocenters. The lowest BCUT2D eigenvalue weighted by molar-refractivity contribution is -0.154. The smallest absolute Gasteiger partial charge is 0.316 e. The van der Waals surface area contributed by atoms with Crippen molar-refractivity contribution in [2.75, 3.05) is 7.11 Å². The van der Waals surface area contributed by atoms with Gasteiger partial charge in [0.15, 0.2) is 0 Å². The van der Waals surface area contributed by atoms with Gasteiger partial charge in [0.2, 0.25) is 0 Å². The maximum Gasteiger partial charge on any atom is 0.316 e. The Hall–Kier alpha value is -2.07. The molecule has 1 aliphatic carbocycles. The van der Waals surface area contributed by atoms with Crippen LogP contribution in [0.5, 0.6) is 0 Å². The van der Waals surface area contributed by atoms with E-state index in [1.54, 1.807) is 19.1 Å². The summed E-state index contributed by atoms with van der Waals surface area (Å²) < 4.78 is 5.29. The van der Waals surface area contributed by atoms with E-state index in [-0.39, 0.29) is 11.7 Å². The van der Waals surface area contributed by atoms with E-state index in [1.165, 1.54) is 13.2 Å². The van der Waals surface area contributed by atoms with Crippen molar-refractivity contribution >= 4 is 17.8 Å². The molecule has 3 unspecified atom stereocenters. The highest BCUT2D eigenvalue weighted by Gasteiger charge is 2.51. The van der Waals surface area contributed by atoms with Crippen molar-refractivity contribution in [2.45, 2.75) is 25.9 Å². The standard InChI is InChI=1S/C17H20O4/c1-5-12-6-7-13-14(8-12)10(2)17(16(19)20,9-15(13)18)11(3)21-4/h5-11,18H,1H2,2-4H3,(H,19,20). The fourth-order valence-electron chi connectivity index (χ4n) is 3.07. The third-order valence-corrected chi connectivity index (χ3v) is 4.54. The maximum absolute atomic E-state index is 11.9. The van der Waals surface area contributed by atoms with Gasteiger partial charge in [-0.1, -0.05) is 37.8 Å². The third-order valence-electron chi connectivity index (χ3n) is 4.54. The Morgan fingerprint density at radius 1 is 1.52 bits per heavy atom. The molecular weight excluding hydrogens is 268 g/mol. The molecule has 0 saturated heterocycles. The zero-order chi connectivity index (χ0) is 15.8. The van der Waals surface area contributed by atoms with Crippen molar-refractivity contribution in [3.05, 3.63) is 47.5 Å². The number of aliphatic carboxylic acids is 1. The normalized spacial score (nSPS) is 25.7. The molecule has 4 nitrogen and oxygen atoms in total. The Balaban J connectivity index is 2.71. The second-order valence-electron chi connectivity index (χ2n) is 5.42. The van der Waals surface area contributed by atoms with E-state index in [4.69, 9.17) is 4.74 Å². The molecule has 1 aromatic carbocycles. The highest BCUT2D eigenvalue weighted by Crippen LogP contribution is 2.48. The molecule has 1 aliphatic rings. The lowest BCUT2D eigenvalue weighted by Gasteiger charge is -2.40. The molecule has 0 aliphatic heterocycles. The van der Waals surface area contributed by atoms with E-state index >= 15 is 0 Å². The number of ether oxygens (including phenoxy) is 1. The summed E-state index contributed by atoms with van der Waals surface area (Å²) >= 11 is 0. The van der Waals surface area contributed by atoms with Crippen molar-refractivity contribution in [3.63, 3.8) is 0 Å². The van der Waals surface area contributed by atoms with Crippen LogP contribution in [0.25, 0.3) is 11.8 Å². The van der Waals surface area contributed by atoms with E-state index in [1.807, 2.05) is 19.1 Å². The average Bonchev–Trinajstić information content (AvgIpc) is 2.49. The number of fused-ring (bicyclic) bond motifs is 1. The number of carboxylic acid groups (broad SMARTS) is 1. The number of rotatable bonds is 4. The molecule has 1 aromatic rings. The minimum absolute atomic E-state index is 0.0231. The molecule has 21 heavy (non-hydrogen) atoms. The SMILES string of the molecule is C=Cc1ccc2c(c1)C(C)C(C(=O)O)(C(C)OC)C=C2O. The summed E-state index contributed by atoms with van der Waals surface area (Å²) in [6, 6.07) is 5.50. The average molecular weight is 288 g/mol. The van der Waals surface area contributed by atoms with E-state index in [0.717, 1.165) is 11.1 Å². The Labute approximate surface area is 124 Å². The van der Waals surface area contributed by atoms with Gasteiger partial charge >= 0.3 is 5.97 Å². The molecule has 4 heteroatoms. The summed E-state index contributed by atoms with van der Waals surface area (Å²) in [5.74, 6) is -1.37. The van der Waals surface area contributed by atoms with Crippen molar-refractivity contribution in [3.8, 4) is 0 Å². The minimum Gasteiger partial charge on any atom is -0.508 e. The number of aliphatic hydroxyl groups excluding tert-OH is 1. The second-order valence-corrected chi connectivity index (χ2v) is 5.42. The monoisotopic (exact) mass is 288 g/mol. The number of aliphatic hydroxyl groups is 1. The molecule has 0 amide bonds. The van der Waals surface area contributed by atoms with Gasteiger partial charge in [-0.25, -0.2) is 0 Å². The van der Waals surface area contributed by atoms with E-state index in [2.05, 4.69) is 6.58 Å². The number of carbonyl (C=O) groups is 1. The molecule has 0 saturated carbocycles. The van der Waals surface area contributed by atoms with Gasteiger partial charge in [0.25, 0.3) is 0 Å². The highest BCUT2D eigenvalue weighted by molar-refractivity contribution is 5.85. The van der Waals surface area contributed by atoms with Gasteiger partial charge in [-0.05, 0) is 24.1 Å². The van der Waals surface area contributed by atoms with Crippen molar-refractivity contribution < 1.29 is 19.7 Å². The first kappa shape index (κ1) is 15.3. The first-order chi connectivity index (χ1) is 9.88.